The molecule has 1 aromatic heterocycles. The smallest absolute Gasteiger partial charge is 0.256 e. The minimum absolute atomic E-state index is 0.176. The Morgan fingerprint density at radius 1 is 1.17 bits per heavy atom. The van der Waals surface area contributed by atoms with Crippen LogP contribution < -0.4 is 10.6 Å². The molecule has 0 aliphatic carbocycles. The predicted molar refractivity (Wildman–Crippen MR) is 91.0 cm³/mol. The van der Waals surface area contributed by atoms with Crippen LogP contribution in [0.2, 0.25) is 0 Å². The molecule has 6 nitrogen and oxygen atoms in total. The molecule has 0 saturated carbocycles. The molecule has 2 amide bonds. The fourth-order valence-electron chi connectivity index (χ4n) is 2.55. The maximum Gasteiger partial charge on any atom is 0.256 e. The number of rotatable bonds is 4. The third-order valence-corrected chi connectivity index (χ3v) is 3.74. The molecule has 2 heterocycles. The van der Waals surface area contributed by atoms with Gasteiger partial charge in [0.1, 0.15) is 11.9 Å². The molecule has 3 rings (SSSR count). The molecule has 1 atom stereocenters. The molecule has 24 heavy (non-hydrogen) atoms. The van der Waals surface area contributed by atoms with Gasteiger partial charge in [-0.25, -0.2) is 4.98 Å². The molecule has 124 valence electrons. The summed E-state index contributed by atoms with van der Waals surface area (Å²) < 4.78 is 5.36. The number of carbonyl (C=O) groups is 2. The number of anilines is 2. The first-order valence-corrected chi connectivity index (χ1v) is 7.89. The van der Waals surface area contributed by atoms with Gasteiger partial charge in [-0.05, 0) is 50.1 Å². The van der Waals surface area contributed by atoms with Crippen LogP contribution in [-0.4, -0.2) is 29.5 Å². The molecule has 1 aromatic carbocycles. The van der Waals surface area contributed by atoms with Crippen molar-refractivity contribution in [2.24, 2.45) is 0 Å². The zero-order valence-electron chi connectivity index (χ0n) is 13.4. The Labute approximate surface area is 140 Å². The first-order valence-electron chi connectivity index (χ1n) is 7.89. The molecule has 0 spiro atoms. The van der Waals surface area contributed by atoms with Crippen LogP contribution in [0.3, 0.4) is 0 Å². The number of carbonyl (C=O) groups excluding carboxylic acids is 2. The number of hydrogen-bond donors (Lipinski definition) is 2. The molecule has 1 unspecified atom stereocenters. The number of amides is 2. The van der Waals surface area contributed by atoms with E-state index in [1.54, 1.807) is 30.3 Å². The summed E-state index contributed by atoms with van der Waals surface area (Å²) in [6, 6.07) is 12.2. The van der Waals surface area contributed by atoms with Crippen LogP contribution in [0.1, 0.15) is 28.9 Å². The van der Waals surface area contributed by atoms with Crippen molar-refractivity contribution in [1.29, 1.82) is 0 Å². The van der Waals surface area contributed by atoms with Crippen molar-refractivity contribution in [2.45, 2.75) is 25.9 Å². The highest BCUT2D eigenvalue weighted by Gasteiger charge is 2.23. The molecule has 6 heteroatoms. The second-order valence-corrected chi connectivity index (χ2v) is 5.69. The van der Waals surface area contributed by atoms with Gasteiger partial charge in [0.05, 0.1) is 0 Å². The summed E-state index contributed by atoms with van der Waals surface area (Å²) in [7, 11) is 0. The summed E-state index contributed by atoms with van der Waals surface area (Å²) in [5.74, 6) is 0.0421. The van der Waals surface area contributed by atoms with Gasteiger partial charge in [-0.1, -0.05) is 12.1 Å². The van der Waals surface area contributed by atoms with Gasteiger partial charge in [-0.3, -0.25) is 9.59 Å². The SMILES string of the molecule is Cc1cccc(NC(=O)c2cccc(NC(=O)C3CCCO3)c2)n1. The van der Waals surface area contributed by atoms with Crippen molar-refractivity contribution in [1.82, 2.24) is 4.98 Å². The maximum atomic E-state index is 12.3. The zero-order valence-corrected chi connectivity index (χ0v) is 13.4. The largest absolute Gasteiger partial charge is 0.368 e. The third-order valence-electron chi connectivity index (χ3n) is 3.74. The number of nitrogens with zero attached hydrogens (tertiary/aromatic N) is 1. The summed E-state index contributed by atoms with van der Waals surface area (Å²) in [5, 5.41) is 5.54. The third kappa shape index (κ3) is 3.97. The summed E-state index contributed by atoms with van der Waals surface area (Å²) in [6.45, 7) is 2.47. The van der Waals surface area contributed by atoms with Crippen molar-refractivity contribution in [2.75, 3.05) is 17.2 Å². The Kier molecular flexibility index (Phi) is 4.86. The molecule has 2 N–H and O–H groups in total. The van der Waals surface area contributed by atoms with Crippen molar-refractivity contribution < 1.29 is 14.3 Å². The van der Waals surface area contributed by atoms with Gasteiger partial charge in [-0.2, -0.15) is 0 Å². The lowest BCUT2D eigenvalue weighted by Crippen LogP contribution is -2.27. The van der Waals surface area contributed by atoms with E-state index in [0.29, 0.717) is 23.7 Å². The molecule has 1 aliphatic rings. The fraction of sp³-hybridized carbons (Fsp3) is 0.278. The Morgan fingerprint density at radius 3 is 2.75 bits per heavy atom. The van der Waals surface area contributed by atoms with Crippen LogP contribution in [0.15, 0.2) is 42.5 Å². The fourth-order valence-corrected chi connectivity index (χ4v) is 2.55. The van der Waals surface area contributed by atoms with Crippen LogP contribution >= 0.6 is 0 Å². The molecule has 0 radical (unpaired) electrons. The van der Waals surface area contributed by atoms with E-state index in [4.69, 9.17) is 4.74 Å². The molecule has 1 aliphatic heterocycles. The number of nitrogens with one attached hydrogen (secondary N) is 2. The first-order chi connectivity index (χ1) is 11.6. The molecule has 1 saturated heterocycles. The molecule has 2 aromatic rings. The Hall–Kier alpha value is -2.73. The molecule has 1 fully saturated rings. The lowest BCUT2D eigenvalue weighted by Gasteiger charge is -2.11. The van der Waals surface area contributed by atoms with Gasteiger partial charge in [0.25, 0.3) is 11.8 Å². The minimum Gasteiger partial charge on any atom is -0.368 e. The number of ether oxygens (including phenoxy) is 1. The summed E-state index contributed by atoms with van der Waals surface area (Å²) in [4.78, 5) is 28.7. The quantitative estimate of drug-likeness (QED) is 0.906. The highest BCUT2D eigenvalue weighted by Crippen LogP contribution is 2.17. The highest BCUT2D eigenvalue weighted by molar-refractivity contribution is 6.05. The minimum atomic E-state index is -0.404. The Bertz CT molecular complexity index is 755. The summed E-state index contributed by atoms with van der Waals surface area (Å²) in [5.41, 5.74) is 1.84. The number of aryl methyl sites for hydroxylation is 1. The number of hydrogen-bond acceptors (Lipinski definition) is 4. The molecule has 0 bridgehead atoms. The second-order valence-electron chi connectivity index (χ2n) is 5.69. The van der Waals surface area contributed by atoms with Crippen LogP contribution in [0.25, 0.3) is 0 Å². The van der Waals surface area contributed by atoms with E-state index in [0.717, 1.165) is 18.5 Å². The predicted octanol–water partition coefficient (Wildman–Crippen LogP) is 2.76. The van der Waals surface area contributed by atoms with Crippen LogP contribution in [0, 0.1) is 6.92 Å². The normalized spacial score (nSPS) is 16.6. The van der Waals surface area contributed by atoms with E-state index >= 15 is 0 Å². The standard InChI is InChI=1S/C18H19N3O3/c1-12-5-2-9-16(19-12)21-17(22)13-6-3-7-14(11-13)20-18(23)15-8-4-10-24-15/h2-3,5-7,9,11,15H,4,8,10H2,1H3,(H,20,23)(H,19,21,22). The Balaban J connectivity index is 1.67. The van der Waals surface area contributed by atoms with Crippen molar-refractivity contribution >= 4 is 23.3 Å². The van der Waals surface area contributed by atoms with E-state index in [9.17, 15) is 9.59 Å². The number of aromatic nitrogens is 1. The average Bonchev–Trinajstić information content (AvgIpc) is 3.10. The lowest BCUT2D eigenvalue weighted by atomic mass is 10.1. The van der Waals surface area contributed by atoms with Crippen molar-refractivity contribution in [3.05, 3.63) is 53.7 Å². The molecular formula is C18H19N3O3. The topological polar surface area (TPSA) is 80.3 Å². The summed E-state index contributed by atoms with van der Waals surface area (Å²) in [6.07, 6.45) is 1.22. The van der Waals surface area contributed by atoms with Crippen LogP contribution in [-0.2, 0) is 9.53 Å². The van der Waals surface area contributed by atoms with E-state index < -0.39 is 6.10 Å². The monoisotopic (exact) mass is 325 g/mol. The summed E-state index contributed by atoms with van der Waals surface area (Å²) >= 11 is 0. The number of pyridine rings is 1. The highest BCUT2D eigenvalue weighted by atomic mass is 16.5. The van der Waals surface area contributed by atoms with Gasteiger partial charge in [0, 0.05) is 23.6 Å². The van der Waals surface area contributed by atoms with Crippen LogP contribution in [0.5, 0.6) is 0 Å². The van der Waals surface area contributed by atoms with Gasteiger partial charge in [0.2, 0.25) is 0 Å². The Morgan fingerprint density at radius 2 is 2.00 bits per heavy atom. The lowest BCUT2D eigenvalue weighted by molar-refractivity contribution is -0.124. The second kappa shape index (κ2) is 7.23. The van der Waals surface area contributed by atoms with E-state index in [2.05, 4.69) is 15.6 Å². The van der Waals surface area contributed by atoms with Gasteiger partial charge >= 0.3 is 0 Å². The van der Waals surface area contributed by atoms with E-state index in [1.807, 2.05) is 19.1 Å². The maximum absolute atomic E-state index is 12.3. The van der Waals surface area contributed by atoms with Crippen molar-refractivity contribution in [3.8, 4) is 0 Å². The zero-order chi connectivity index (χ0) is 16.9. The van der Waals surface area contributed by atoms with Crippen LogP contribution in [0.4, 0.5) is 11.5 Å². The van der Waals surface area contributed by atoms with E-state index in [-0.39, 0.29) is 11.8 Å². The van der Waals surface area contributed by atoms with E-state index in [1.165, 1.54) is 0 Å². The molecular weight excluding hydrogens is 306 g/mol. The van der Waals surface area contributed by atoms with Gasteiger partial charge in [-0.15, -0.1) is 0 Å². The number of benzene rings is 1. The van der Waals surface area contributed by atoms with Crippen molar-refractivity contribution in [3.63, 3.8) is 0 Å². The van der Waals surface area contributed by atoms with Gasteiger partial charge < -0.3 is 15.4 Å². The average molecular weight is 325 g/mol. The first kappa shape index (κ1) is 16.1. The van der Waals surface area contributed by atoms with Gasteiger partial charge in [0.15, 0.2) is 0 Å².